The molecule has 2 atom stereocenters. The van der Waals surface area contributed by atoms with Crippen molar-refractivity contribution in [3.05, 3.63) is 35.4 Å². The van der Waals surface area contributed by atoms with Gasteiger partial charge in [0.05, 0.1) is 0 Å². The number of ether oxygens (including phenoxy) is 1. The van der Waals surface area contributed by atoms with Crippen molar-refractivity contribution < 1.29 is 19.1 Å². The minimum Gasteiger partial charge on any atom is -0.444 e. The summed E-state index contributed by atoms with van der Waals surface area (Å²) < 4.78 is 5.44. The van der Waals surface area contributed by atoms with Gasteiger partial charge in [-0.25, -0.2) is 4.79 Å². The third-order valence-electron chi connectivity index (χ3n) is 5.95. The average molecular weight is 488 g/mol. The van der Waals surface area contributed by atoms with E-state index < -0.39 is 23.8 Å². The smallest absolute Gasteiger partial charge is 0.408 e. The van der Waals surface area contributed by atoms with Crippen LogP contribution in [-0.2, 0) is 20.7 Å². The van der Waals surface area contributed by atoms with E-state index in [-0.39, 0.29) is 23.8 Å². The molecule has 0 radical (unpaired) electrons. The number of aryl methyl sites for hydroxylation is 1. The number of amides is 3. The third-order valence-corrected chi connectivity index (χ3v) is 5.95. The molecule has 1 aliphatic carbocycles. The predicted molar refractivity (Wildman–Crippen MR) is 139 cm³/mol. The number of carbonyl (C=O) groups excluding carboxylic acids is 3. The van der Waals surface area contributed by atoms with E-state index in [0.717, 1.165) is 37.7 Å². The minimum absolute atomic E-state index is 0.0228. The molecule has 2 N–H and O–H groups in total. The Kier molecular flexibility index (Phi) is 10.6. The molecule has 1 aromatic rings. The normalized spacial score (nSPS) is 15.3. The number of nitrogens with one attached hydrogen (secondary N) is 2. The van der Waals surface area contributed by atoms with Gasteiger partial charge < -0.3 is 20.3 Å². The van der Waals surface area contributed by atoms with Crippen LogP contribution in [0.3, 0.4) is 0 Å². The average Bonchev–Trinajstić information content (AvgIpc) is 3.60. The second kappa shape index (κ2) is 12.9. The summed E-state index contributed by atoms with van der Waals surface area (Å²) in [6.07, 6.45) is 4.27. The summed E-state index contributed by atoms with van der Waals surface area (Å²) in [5.41, 5.74) is 1.29. The number of carbonyl (C=O) groups is 3. The van der Waals surface area contributed by atoms with Gasteiger partial charge >= 0.3 is 6.09 Å². The summed E-state index contributed by atoms with van der Waals surface area (Å²) in [7, 11) is 0. The standard InChI is InChI=1S/C28H45N3O4/c1-8-10-17-29-25(32)24(21-13-11-20(9-2)12-14-21)31(22-15-16-22)26(33)23(18-19(3)4)30-27(34)35-28(5,6)7/h11-14,19,22-24H,8-10,15-18H2,1-7H3,(H,29,32)(H,30,34). The number of alkyl carbamates (subject to hydrolysis) is 1. The highest BCUT2D eigenvalue weighted by atomic mass is 16.6. The van der Waals surface area contributed by atoms with Crippen molar-refractivity contribution in [3.8, 4) is 0 Å². The fourth-order valence-electron chi connectivity index (χ4n) is 4.05. The zero-order chi connectivity index (χ0) is 26.2. The van der Waals surface area contributed by atoms with Crippen LogP contribution in [0.1, 0.15) is 97.7 Å². The van der Waals surface area contributed by atoms with Crippen molar-refractivity contribution in [2.75, 3.05) is 6.54 Å². The minimum atomic E-state index is -0.772. The van der Waals surface area contributed by atoms with Crippen molar-refractivity contribution in [3.63, 3.8) is 0 Å². The van der Waals surface area contributed by atoms with Gasteiger partial charge in [-0.3, -0.25) is 9.59 Å². The maximum absolute atomic E-state index is 14.0. The monoisotopic (exact) mass is 487 g/mol. The van der Waals surface area contributed by atoms with Crippen LogP contribution in [0.2, 0.25) is 0 Å². The van der Waals surface area contributed by atoms with Gasteiger partial charge in [-0.1, -0.05) is 58.4 Å². The van der Waals surface area contributed by atoms with Crippen LogP contribution in [0, 0.1) is 5.92 Å². The Morgan fingerprint density at radius 2 is 1.71 bits per heavy atom. The molecule has 3 amide bonds. The summed E-state index contributed by atoms with van der Waals surface area (Å²) in [6.45, 7) is 14.1. The summed E-state index contributed by atoms with van der Waals surface area (Å²) in [4.78, 5) is 41.8. The van der Waals surface area contributed by atoms with E-state index in [0.29, 0.717) is 13.0 Å². The molecule has 2 rings (SSSR count). The second-order valence-electron chi connectivity index (χ2n) is 10.9. The molecule has 0 bridgehead atoms. The van der Waals surface area contributed by atoms with Crippen molar-refractivity contribution in [1.82, 2.24) is 15.5 Å². The van der Waals surface area contributed by atoms with Gasteiger partial charge in [-0.15, -0.1) is 0 Å². The summed E-state index contributed by atoms with van der Waals surface area (Å²) >= 11 is 0. The summed E-state index contributed by atoms with van der Waals surface area (Å²) in [5.74, 6) is -0.244. The van der Waals surface area contributed by atoms with Gasteiger partial charge in [0.2, 0.25) is 11.8 Å². The maximum Gasteiger partial charge on any atom is 0.408 e. The fourth-order valence-corrected chi connectivity index (χ4v) is 4.05. The highest BCUT2D eigenvalue weighted by Gasteiger charge is 2.44. The van der Waals surface area contributed by atoms with E-state index in [4.69, 9.17) is 4.74 Å². The van der Waals surface area contributed by atoms with Crippen molar-refractivity contribution >= 4 is 17.9 Å². The van der Waals surface area contributed by atoms with Crippen LogP contribution in [0.25, 0.3) is 0 Å². The molecular formula is C28H45N3O4. The van der Waals surface area contributed by atoms with Crippen molar-refractivity contribution in [2.24, 2.45) is 5.92 Å². The lowest BCUT2D eigenvalue weighted by Gasteiger charge is -2.35. The molecule has 1 aliphatic rings. The molecule has 7 nitrogen and oxygen atoms in total. The van der Waals surface area contributed by atoms with Crippen LogP contribution in [0.5, 0.6) is 0 Å². The molecule has 2 unspecified atom stereocenters. The largest absolute Gasteiger partial charge is 0.444 e. The molecule has 0 aliphatic heterocycles. The van der Waals surface area contributed by atoms with Gasteiger partial charge in [0.1, 0.15) is 17.7 Å². The van der Waals surface area contributed by atoms with Gasteiger partial charge in [0.15, 0.2) is 0 Å². The van der Waals surface area contributed by atoms with Gasteiger partial charge in [0, 0.05) is 12.6 Å². The zero-order valence-electron chi connectivity index (χ0n) is 22.6. The number of benzene rings is 1. The first kappa shape index (κ1) is 28.7. The molecule has 1 aromatic carbocycles. The first-order chi connectivity index (χ1) is 16.5. The summed E-state index contributed by atoms with van der Waals surface area (Å²) in [6, 6.07) is 6.39. The Labute approximate surface area is 211 Å². The van der Waals surface area contributed by atoms with Crippen LogP contribution in [-0.4, -0.2) is 47.0 Å². The molecule has 1 saturated carbocycles. The number of unbranched alkanes of at least 4 members (excludes halogenated alkanes) is 1. The predicted octanol–water partition coefficient (Wildman–Crippen LogP) is 5.14. The topological polar surface area (TPSA) is 87.7 Å². The highest BCUT2D eigenvalue weighted by Crippen LogP contribution is 2.36. The van der Waals surface area contributed by atoms with Crippen LogP contribution >= 0.6 is 0 Å². The van der Waals surface area contributed by atoms with E-state index >= 15 is 0 Å². The fraction of sp³-hybridized carbons (Fsp3) is 0.679. The van der Waals surface area contributed by atoms with E-state index in [1.807, 2.05) is 38.1 Å². The van der Waals surface area contributed by atoms with Crippen LogP contribution in [0.4, 0.5) is 4.79 Å². The van der Waals surface area contributed by atoms with Crippen LogP contribution < -0.4 is 10.6 Å². The van der Waals surface area contributed by atoms with Gasteiger partial charge in [0.25, 0.3) is 0 Å². The van der Waals surface area contributed by atoms with E-state index in [9.17, 15) is 14.4 Å². The Morgan fingerprint density at radius 1 is 1.09 bits per heavy atom. The molecule has 1 fully saturated rings. The third kappa shape index (κ3) is 9.19. The Balaban J connectivity index is 2.40. The van der Waals surface area contributed by atoms with Gasteiger partial charge in [-0.2, -0.15) is 0 Å². The lowest BCUT2D eigenvalue weighted by atomic mass is 9.98. The number of hydrogen-bond acceptors (Lipinski definition) is 4. The van der Waals surface area contributed by atoms with Gasteiger partial charge in [-0.05, 0) is 69.9 Å². The van der Waals surface area contributed by atoms with E-state index in [2.05, 4.69) is 24.5 Å². The molecule has 0 aromatic heterocycles. The molecular weight excluding hydrogens is 442 g/mol. The number of nitrogens with zero attached hydrogens (tertiary/aromatic N) is 1. The van der Waals surface area contributed by atoms with Crippen molar-refractivity contribution in [1.29, 1.82) is 0 Å². The number of hydrogen-bond donors (Lipinski definition) is 2. The lowest BCUT2D eigenvalue weighted by Crippen LogP contribution is -2.54. The Hall–Kier alpha value is -2.57. The lowest BCUT2D eigenvalue weighted by molar-refractivity contribution is -0.143. The Morgan fingerprint density at radius 3 is 2.20 bits per heavy atom. The van der Waals surface area contributed by atoms with E-state index in [1.54, 1.807) is 25.7 Å². The summed E-state index contributed by atoms with van der Waals surface area (Å²) in [5, 5.41) is 5.83. The second-order valence-corrected chi connectivity index (χ2v) is 10.9. The molecule has 0 heterocycles. The number of rotatable bonds is 12. The van der Waals surface area contributed by atoms with Crippen molar-refractivity contribution in [2.45, 2.75) is 111 Å². The molecule has 196 valence electrons. The first-order valence-electron chi connectivity index (χ1n) is 13.1. The molecule has 35 heavy (non-hydrogen) atoms. The highest BCUT2D eigenvalue weighted by molar-refractivity contribution is 5.92. The van der Waals surface area contributed by atoms with Crippen LogP contribution in [0.15, 0.2) is 24.3 Å². The van der Waals surface area contributed by atoms with E-state index in [1.165, 1.54) is 5.56 Å². The Bertz CT molecular complexity index is 841. The first-order valence-corrected chi connectivity index (χ1v) is 13.1. The maximum atomic E-state index is 14.0. The SMILES string of the molecule is CCCCNC(=O)C(c1ccc(CC)cc1)N(C(=O)C(CC(C)C)NC(=O)OC(C)(C)C)C1CC1. The molecule has 7 heteroatoms. The molecule has 0 saturated heterocycles. The quantitative estimate of drug-likeness (QED) is 0.400. The zero-order valence-corrected chi connectivity index (χ0v) is 22.6. The molecule has 0 spiro atoms.